The fraction of sp³-hybridized carbons (Fsp3) is 0.467. The molecule has 1 aliphatic heterocycles. The van der Waals surface area contributed by atoms with Gasteiger partial charge in [-0.05, 0) is 24.0 Å². The quantitative estimate of drug-likeness (QED) is 0.908. The molecule has 0 saturated carbocycles. The van der Waals surface area contributed by atoms with Gasteiger partial charge in [0, 0.05) is 19.9 Å². The van der Waals surface area contributed by atoms with Crippen molar-refractivity contribution in [2.75, 3.05) is 16.8 Å². The summed E-state index contributed by atoms with van der Waals surface area (Å²) in [5.41, 5.74) is 2.74. The van der Waals surface area contributed by atoms with E-state index in [1.54, 1.807) is 11.8 Å². The standard InChI is InChI=1S/C15H20N2O2/c1-10(2)9-14(19)16-13-6-4-5-12-7-8-17(11(3)18)15(12)13/h4-6,10H,7-9H2,1-3H3,(H,16,19). The van der Waals surface area contributed by atoms with Gasteiger partial charge in [-0.25, -0.2) is 0 Å². The highest BCUT2D eigenvalue weighted by atomic mass is 16.2. The van der Waals surface area contributed by atoms with Crippen LogP contribution in [-0.4, -0.2) is 18.4 Å². The maximum Gasteiger partial charge on any atom is 0.224 e. The molecule has 0 unspecified atom stereocenters. The Morgan fingerprint density at radius 2 is 2.11 bits per heavy atom. The predicted molar refractivity (Wildman–Crippen MR) is 76.3 cm³/mol. The summed E-state index contributed by atoms with van der Waals surface area (Å²) >= 11 is 0. The number of hydrogen-bond donors (Lipinski definition) is 1. The van der Waals surface area contributed by atoms with E-state index in [4.69, 9.17) is 0 Å². The SMILES string of the molecule is CC(=O)N1CCc2cccc(NC(=O)CC(C)C)c21. The lowest BCUT2D eigenvalue weighted by Crippen LogP contribution is -2.27. The molecule has 2 amide bonds. The van der Waals surface area contributed by atoms with Crippen LogP contribution in [-0.2, 0) is 16.0 Å². The Bertz CT molecular complexity index is 509. The van der Waals surface area contributed by atoms with Crippen LogP contribution in [0.2, 0.25) is 0 Å². The lowest BCUT2D eigenvalue weighted by molar-refractivity contribution is -0.117. The van der Waals surface area contributed by atoms with Gasteiger partial charge >= 0.3 is 0 Å². The van der Waals surface area contributed by atoms with Crippen LogP contribution >= 0.6 is 0 Å². The van der Waals surface area contributed by atoms with Gasteiger partial charge in [-0.3, -0.25) is 9.59 Å². The first-order chi connectivity index (χ1) is 8.99. The van der Waals surface area contributed by atoms with Crippen molar-refractivity contribution < 1.29 is 9.59 Å². The van der Waals surface area contributed by atoms with E-state index in [1.165, 1.54) is 0 Å². The van der Waals surface area contributed by atoms with Gasteiger partial charge < -0.3 is 10.2 Å². The molecule has 0 aliphatic carbocycles. The average molecular weight is 260 g/mol. The number of benzene rings is 1. The van der Waals surface area contributed by atoms with Gasteiger partial charge in [0.15, 0.2) is 0 Å². The van der Waals surface area contributed by atoms with Crippen molar-refractivity contribution in [3.05, 3.63) is 23.8 Å². The fourth-order valence-corrected chi connectivity index (χ4v) is 2.44. The van der Waals surface area contributed by atoms with Crippen LogP contribution < -0.4 is 10.2 Å². The Balaban J connectivity index is 2.25. The molecule has 102 valence electrons. The first kappa shape index (κ1) is 13.6. The molecule has 0 aromatic heterocycles. The summed E-state index contributed by atoms with van der Waals surface area (Å²) in [7, 11) is 0. The zero-order valence-corrected chi connectivity index (χ0v) is 11.7. The third-order valence-corrected chi connectivity index (χ3v) is 3.24. The van der Waals surface area contributed by atoms with Crippen molar-refractivity contribution in [2.45, 2.75) is 33.6 Å². The Kier molecular flexibility index (Phi) is 3.88. The molecule has 19 heavy (non-hydrogen) atoms. The maximum absolute atomic E-state index is 11.9. The monoisotopic (exact) mass is 260 g/mol. The summed E-state index contributed by atoms with van der Waals surface area (Å²) < 4.78 is 0. The molecule has 1 aromatic carbocycles. The van der Waals surface area contributed by atoms with Crippen molar-refractivity contribution in [3.8, 4) is 0 Å². The van der Waals surface area contributed by atoms with Crippen LogP contribution in [0.15, 0.2) is 18.2 Å². The van der Waals surface area contributed by atoms with E-state index >= 15 is 0 Å². The fourth-order valence-electron chi connectivity index (χ4n) is 2.44. The van der Waals surface area contributed by atoms with Crippen molar-refractivity contribution in [2.24, 2.45) is 5.92 Å². The third kappa shape index (κ3) is 2.95. The number of hydrogen-bond acceptors (Lipinski definition) is 2. The van der Waals surface area contributed by atoms with E-state index in [0.29, 0.717) is 18.9 Å². The molecule has 2 rings (SSSR count). The lowest BCUT2D eigenvalue weighted by Gasteiger charge is -2.19. The minimum atomic E-state index is -0.00111. The van der Waals surface area contributed by atoms with E-state index < -0.39 is 0 Å². The van der Waals surface area contributed by atoms with Crippen LogP contribution in [0.5, 0.6) is 0 Å². The summed E-state index contributed by atoms with van der Waals surface area (Å²) in [6, 6.07) is 5.79. The van der Waals surface area contributed by atoms with Crippen LogP contribution in [0.25, 0.3) is 0 Å². The second kappa shape index (κ2) is 5.43. The lowest BCUT2D eigenvalue weighted by atomic mass is 10.1. The van der Waals surface area contributed by atoms with Gasteiger partial charge in [0.1, 0.15) is 0 Å². The zero-order chi connectivity index (χ0) is 14.0. The highest BCUT2D eigenvalue weighted by Crippen LogP contribution is 2.35. The van der Waals surface area contributed by atoms with Gasteiger partial charge in [-0.2, -0.15) is 0 Å². The average Bonchev–Trinajstić information content (AvgIpc) is 2.72. The summed E-state index contributed by atoms with van der Waals surface area (Å²) in [6.07, 6.45) is 1.34. The van der Waals surface area contributed by atoms with Crippen molar-refractivity contribution in [3.63, 3.8) is 0 Å². The van der Waals surface area contributed by atoms with Crippen LogP contribution in [0.4, 0.5) is 11.4 Å². The predicted octanol–water partition coefficient (Wildman–Crippen LogP) is 2.58. The van der Waals surface area contributed by atoms with E-state index in [0.717, 1.165) is 23.4 Å². The highest BCUT2D eigenvalue weighted by molar-refractivity contribution is 6.02. The zero-order valence-electron chi connectivity index (χ0n) is 11.7. The molecule has 1 aliphatic rings. The first-order valence-electron chi connectivity index (χ1n) is 6.69. The number of rotatable bonds is 3. The molecule has 0 bridgehead atoms. The third-order valence-electron chi connectivity index (χ3n) is 3.24. The molecule has 0 radical (unpaired) electrons. The summed E-state index contributed by atoms with van der Waals surface area (Å²) in [5, 5.41) is 2.93. The normalized spacial score (nSPS) is 13.6. The van der Waals surface area contributed by atoms with E-state index in [-0.39, 0.29) is 11.8 Å². The molecule has 1 heterocycles. The van der Waals surface area contributed by atoms with Gasteiger partial charge in [0.25, 0.3) is 0 Å². The number of carbonyl (C=O) groups is 2. The van der Waals surface area contributed by atoms with Crippen LogP contribution in [0.1, 0.15) is 32.8 Å². The highest BCUT2D eigenvalue weighted by Gasteiger charge is 2.25. The van der Waals surface area contributed by atoms with Crippen molar-refractivity contribution in [1.29, 1.82) is 0 Å². The number of nitrogens with zero attached hydrogens (tertiary/aromatic N) is 1. The van der Waals surface area contributed by atoms with E-state index in [9.17, 15) is 9.59 Å². The minimum Gasteiger partial charge on any atom is -0.324 e. The molecule has 1 aromatic rings. The molecule has 1 N–H and O–H groups in total. The number of fused-ring (bicyclic) bond motifs is 1. The van der Waals surface area contributed by atoms with Gasteiger partial charge in [-0.15, -0.1) is 0 Å². The molecule has 0 atom stereocenters. The van der Waals surface area contributed by atoms with Gasteiger partial charge in [0.05, 0.1) is 11.4 Å². The van der Waals surface area contributed by atoms with Crippen LogP contribution in [0.3, 0.4) is 0 Å². The first-order valence-corrected chi connectivity index (χ1v) is 6.69. The topological polar surface area (TPSA) is 49.4 Å². The molecular formula is C15H20N2O2. The molecule has 4 heteroatoms. The summed E-state index contributed by atoms with van der Waals surface area (Å²) in [5.74, 6) is 0.337. The number of anilines is 2. The number of carbonyl (C=O) groups excluding carboxylic acids is 2. The summed E-state index contributed by atoms with van der Waals surface area (Å²) in [4.78, 5) is 25.3. The largest absolute Gasteiger partial charge is 0.324 e. The van der Waals surface area contributed by atoms with E-state index in [2.05, 4.69) is 5.32 Å². The second-order valence-corrected chi connectivity index (χ2v) is 5.38. The number of para-hydroxylation sites is 1. The Labute approximate surface area is 113 Å². The number of amides is 2. The molecule has 0 fully saturated rings. The number of nitrogens with one attached hydrogen (secondary N) is 1. The Morgan fingerprint density at radius 1 is 1.37 bits per heavy atom. The Hall–Kier alpha value is -1.84. The Morgan fingerprint density at radius 3 is 2.74 bits per heavy atom. The van der Waals surface area contributed by atoms with Crippen molar-refractivity contribution >= 4 is 23.2 Å². The molecule has 4 nitrogen and oxygen atoms in total. The van der Waals surface area contributed by atoms with E-state index in [1.807, 2.05) is 32.0 Å². The van der Waals surface area contributed by atoms with Gasteiger partial charge in [-0.1, -0.05) is 26.0 Å². The molecular weight excluding hydrogens is 240 g/mol. The minimum absolute atomic E-state index is 0.00111. The summed E-state index contributed by atoms with van der Waals surface area (Å²) in [6.45, 7) is 6.28. The second-order valence-electron chi connectivity index (χ2n) is 5.38. The smallest absolute Gasteiger partial charge is 0.224 e. The van der Waals surface area contributed by atoms with Crippen molar-refractivity contribution in [1.82, 2.24) is 0 Å². The van der Waals surface area contributed by atoms with Gasteiger partial charge in [0.2, 0.25) is 11.8 Å². The molecule has 0 saturated heterocycles. The maximum atomic E-state index is 11.9. The van der Waals surface area contributed by atoms with Crippen LogP contribution in [0, 0.1) is 5.92 Å². The molecule has 0 spiro atoms.